The molecule has 0 saturated heterocycles. The van der Waals surface area contributed by atoms with Crippen LogP contribution in [-0.2, 0) is 6.42 Å². The van der Waals surface area contributed by atoms with Crippen LogP contribution in [0.25, 0.3) is 10.9 Å². The molecular formula is C13H14Cl2N2. The van der Waals surface area contributed by atoms with Crippen molar-refractivity contribution in [2.24, 2.45) is 5.73 Å². The van der Waals surface area contributed by atoms with Gasteiger partial charge in [0.1, 0.15) is 0 Å². The molecule has 4 heteroatoms. The highest BCUT2D eigenvalue weighted by Crippen LogP contribution is 2.29. The number of pyridine rings is 1. The molecule has 0 radical (unpaired) electrons. The molecule has 2 aromatic rings. The molecule has 0 spiro atoms. The molecule has 2 rings (SSSR count). The summed E-state index contributed by atoms with van der Waals surface area (Å²) < 4.78 is 0. The van der Waals surface area contributed by atoms with Gasteiger partial charge < -0.3 is 5.73 Å². The molecule has 1 aromatic heterocycles. The molecule has 2 nitrogen and oxygen atoms in total. The Kier molecular flexibility index (Phi) is 3.87. The second-order valence-corrected chi connectivity index (χ2v) is 4.94. The van der Waals surface area contributed by atoms with Gasteiger partial charge in [-0.1, -0.05) is 23.2 Å². The van der Waals surface area contributed by atoms with Crippen LogP contribution >= 0.6 is 23.2 Å². The van der Waals surface area contributed by atoms with Crippen molar-refractivity contribution >= 4 is 34.1 Å². The van der Waals surface area contributed by atoms with Crippen LogP contribution in [0.5, 0.6) is 0 Å². The third kappa shape index (κ3) is 2.71. The molecule has 2 N–H and O–H groups in total. The number of rotatable bonds is 3. The number of hydrogen-bond acceptors (Lipinski definition) is 2. The van der Waals surface area contributed by atoms with Gasteiger partial charge in [0.05, 0.1) is 10.5 Å². The summed E-state index contributed by atoms with van der Waals surface area (Å²) in [7, 11) is 0. The first-order valence-corrected chi connectivity index (χ1v) is 6.32. The van der Waals surface area contributed by atoms with E-state index in [0.29, 0.717) is 16.6 Å². The van der Waals surface area contributed by atoms with Gasteiger partial charge in [-0.2, -0.15) is 0 Å². The molecule has 0 aliphatic rings. The maximum atomic E-state index is 6.22. The van der Waals surface area contributed by atoms with Crippen molar-refractivity contribution in [3.05, 3.63) is 39.5 Å². The summed E-state index contributed by atoms with van der Waals surface area (Å²) in [6.45, 7) is 2.60. The van der Waals surface area contributed by atoms with Crippen LogP contribution in [0.2, 0.25) is 10.0 Å². The fourth-order valence-electron chi connectivity index (χ4n) is 1.92. The van der Waals surface area contributed by atoms with E-state index < -0.39 is 0 Å². The molecule has 0 amide bonds. The van der Waals surface area contributed by atoms with Crippen molar-refractivity contribution in [3.63, 3.8) is 0 Å². The highest BCUT2D eigenvalue weighted by Gasteiger charge is 2.08. The Labute approximate surface area is 111 Å². The second-order valence-electron chi connectivity index (χ2n) is 4.10. The van der Waals surface area contributed by atoms with E-state index >= 15 is 0 Å². The van der Waals surface area contributed by atoms with E-state index in [2.05, 4.69) is 4.98 Å². The van der Waals surface area contributed by atoms with E-state index in [0.717, 1.165) is 35.0 Å². The first kappa shape index (κ1) is 12.6. The Morgan fingerprint density at radius 1 is 1.24 bits per heavy atom. The minimum Gasteiger partial charge on any atom is -0.330 e. The van der Waals surface area contributed by atoms with Gasteiger partial charge in [-0.05, 0) is 50.1 Å². The molecule has 1 aromatic carbocycles. The van der Waals surface area contributed by atoms with Crippen LogP contribution in [0.15, 0.2) is 18.2 Å². The normalized spacial score (nSPS) is 11.1. The number of hydrogen-bond donors (Lipinski definition) is 1. The standard InChI is InChI=1S/C13H14Cl2N2/c1-8-5-12(15)11-7-10(14)6-9(3-2-4-16)13(11)17-8/h5-7H,2-4,16H2,1H3. The van der Waals surface area contributed by atoms with Crippen LogP contribution in [0, 0.1) is 6.92 Å². The molecule has 90 valence electrons. The molecule has 0 unspecified atom stereocenters. The quantitative estimate of drug-likeness (QED) is 0.921. The maximum Gasteiger partial charge on any atom is 0.0753 e. The molecule has 0 aliphatic carbocycles. The highest BCUT2D eigenvalue weighted by molar-refractivity contribution is 6.36. The molecular weight excluding hydrogens is 255 g/mol. The summed E-state index contributed by atoms with van der Waals surface area (Å²) in [6, 6.07) is 5.66. The van der Waals surface area contributed by atoms with Gasteiger partial charge in [-0.25, -0.2) is 0 Å². The van der Waals surface area contributed by atoms with Crippen LogP contribution in [-0.4, -0.2) is 11.5 Å². The average Bonchev–Trinajstić information content (AvgIpc) is 2.27. The summed E-state index contributed by atoms with van der Waals surface area (Å²) in [5, 5.41) is 2.30. The summed E-state index contributed by atoms with van der Waals surface area (Å²) in [4.78, 5) is 4.55. The first-order chi connectivity index (χ1) is 8.11. The summed E-state index contributed by atoms with van der Waals surface area (Å²) in [5.74, 6) is 0. The predicted octanol–water partition coefficient (Wildman–Crippen LogP) is 3.74. The predicted molar refractivity (Wildman–Crippen MR) is 73.9 cm³/mol. The monoisotopic (exact) mass is 268 g/mol. The lowest BCUT2D eigenvalue weighted by Crippen LogP contribution is -2.01. The molecule has 0 aliphatic heterocycles. The van der Waals surface area contributed by atoms with E-state index in [1.165, 1.54) is 0 Å². The summed E-state index contributed by atoms with van der Waals surface area (Å²) >= 11 is 12.3. The van der Waals surface area contributed by atoms with Gasteiger partial charge in [-0.3, -0.25) is 4.98 Å². The van der Waals surface area contributed by atoms with Gasteiger partial charge in [-0.15, -0.1) is 0 Å². The fourth-order valence-corrected chi connectivity index (χ4v) is 2.47. The van der Waals surface area contributed by atoms with Crippen molar-refractivity contribution in [2.45, 2.75) is 19.8 Å². The lowest BCUT2D eigenvalue weighted by molar-refractivity contribution is 0.835. The lowest BCUT2D eigenvalue weighted by Gasteiger charge is -2.09. The molecule has 17 heavy (non-hydrogen) atoms. The number of nitrogens with two attached hydrogens (primary N) is 1. The van der Waals surface area contributed by atoms with Crippen molar-refractivity contribution in [1.82, 2.24) is 4.98 Å². The van der Waals surface area contributed by atoms with Crippen molar-refractivity contribution in [2.75, 3.05) is 6.54 Å². The Morgan fingerprint density at radius 2 is 2.00 bits per heavy atom. The maximum absolute atomic E-state index is 6.22. The number of fused-ring (bicyclic) bond motifs is 1. The van der Waals surface area contributed by atoms with Crippen molar-refractivity contribution in [3.8, 4) is 0 Å². The van der Waals surface area contributed by atoms with Gasteiger partial charge >= 0.3 is 0 Å². The first-order valence-electron chi connectivity index (χ1n) is 5.57. The van der Waals surface area contributed by atoms with Gasteiger partial charge in [0.15, 0.2) is 0 Å². The van der Waals surface area contributed by atoms with Crippen LogP contribution in [0.3, 0.4) is 0 Å². The van der Waals surface area contributed by atoms with E-state index in [-0.39, 0.29) is 0 Å². The van der Waals surface area contributed by atoms with Gasteiger partial charge in [0.2, 0.25) is 0 Å². The number of aromatic nitrogens is 1. The van der Waals surface area contributed by atoms with Crippen LogP contribution < -0.4 is 5.73 Å². The largest absolute Gasteiger partial charge is 0.330 e. The van der Waals surface area contributed by atoms with Gasteiger partial charge in [0, 0.05) is 16.1 Å². The smallest absolute Gasteiger partial charge is 0.0753 e. The fraction of sp³-hybridized carbons (Fsp3) is 0.308. The average molecular weight is 269 g/mol. The number of aryl methyl sites for hydroxylation is 2. The van der Waals surface area contributed by atoms with Crippen molar-refractivity contribution in [1.29, 1.82) is 0 Å². The lowest BCUT2D eigenvalue weighted by atomic mass is 10.0. The van der Waals surface area contributed by atoms with E-state index in [1.807, 2.05) is 25.1 Å². The zero-order chi connectivity index (χ0) is 12.4. The number of nitrogens with zero attached hydrogens (tertiary/aromatic N) is 1. The minimum atomic E-state index is 0.660. The molecule has 0 bridgehead atoms. The Bertz CT molecular complexity index is 553. The molecule has 0 atom stereocenters. The topological polar surface area (TPSA) is 38.9 Å². The summed E-state index contributed by atoms with van der Waals surface area (Å²) in [6.07, 6.45) is 1.79. The molecule has 0 fully saturated rings. The highest BCUT2D eigenvalue weighted by atomic mass is 35.5. The third-order valence-electron chi connectivity index (χ3n) is 2.68. The Morgan fingerprint density at radius 3 is 2.71 bits per heavy atom. The third-order valence-corrected chi connectivity index (χ3v) is 3.22. The zero-order valence-electron chi connectivity index (χ0n) is 9.63. The summed E-state index contributed by atoms with van der Waals surface area (Å²) in [5.41, 5.74) is 8.51. The Balaban J connectivity index is 2.64. The second kappa shape index (κ2) is 5.21. The zero-order valence-corrected chi connectivity index (χ0v) is 11.1. The SMILES string of the molecule is Cc1cc(Cl)c2cc(Cl)cc(CCCN)c2n1. The van der Waals surface area contributed by atoms with E-state index in [1.54, 1.807) is 0 Å². The number of benzene rings is 1. The van der Waals surface area contributed by atoms with Crippen LogP contribution in [0.4, 0.5) is 0 Å². The minimum absolute atomic E-state index is 0.660. The number of halogens is 2. The van der Waals surface area contributed by atoms with Gasteiger partial charge in [0.25, 0.3) is 0 Å². The van der Waals surface area contributed by atoms with Crippen LogP contribution in [0.1, 0.15) is 17.7 Å². The van der Waals surface area contributed by atoms with E-state index in [4.69, 9.17) is 28.9 Å². The van der Waals surface area contributed by atoms with E-state index in [9.17, 15) is 0 Å². The molecule has 1 heterocycles. The van der Waals surface area contributed by atoms with Crippen molar-refractivity contribution < 1.29 is 0 Å². The Hall–Kier alpha value is -0.830. The molecule has 0 saturated carbocycles.